The molecule has 320 valence electrons. The first-order valence-corrected chi connectivity index (χ1v) is 23.1. The minimum atomic E-state index is -0.565. The van der Waals surface area contributed by atoms with Gasteiger partial charge in [-0.1, -0.05) is 170 Å². The fraction of sp³-hybridized carbons (Fsp3) is 0.686. The second kappa shape index (κ2) is 46.5. The van der Waals surface area contributed by atoms with Crippen LogP contribution in [0, 0.1) is 0 Å². The van der Waals surface area contributed by atoms with Crippen molar-refractivity contribution in [3.63, 3.8) is 0 Å². The number of esters is 2. The van der Waals surface area contributed by atoms with Crippen LogP contribution in [0.2, 0.25) is 0 Å². The highest BCUT2D eigenvalue weighted by molar-refractivity contribution is 5.70. The summed E-state index contributed by atoms with van der Waals surface area (Å²) < 4.78 is 17.3. The summed E-state index contributed by atoms with van der Waals surface area (Å²) in [7, 11) is 0. The van der Waals surface area contributed by atoms with Crippen LogP contribution in [0.5, 0.6) is 0 Å². The number of allylic oxidation sites excluding steroid dienone is 14. The van der Waals surface area contributed by atoms with Crippen molar-refractivity contribution in [1.82, 2.24) is 0 Å². The molecule has 0 aromatic rings. The van der Waals surface area contributed by atoms with Gasteiger partial charge in [-0.25, -0.2) is 0 Å². The lowest BCUT2D eigenvalue weighted by Crippen LogP contribution is -2.30. The van der Waals surface area contributed by atoms with Gasteiger partial charge in [0, 0.05) is 19.4 Å². The molecular formula is C51H86O5. The van der Waals surface area contributed by atoms with Gasteiger partial charge >= 0.3 is 11.9 Å². The lowest BCUT2D eigenvalue weighted by atomic mass is 10.1. The van der Waals surface area contributed by atoms with Gasteiger partial charge in [0.15, 0.2) is 6.10 Å². The van der Waals surface area contributed by atoms with E-state index in [-0.39, 0.29) is 25.2 Å². The van der Waals surface area contributed by atoms with Crippen molar-refractivity contribution in [3.05, 3.63) is 85.1 Å². The molecule has 0 saturated carbocycles. The lowest BCUT2D eigenvalue weighted by Gasteiger charge is -2.18. The third kappa shape index (κ3) is 43.8. The number of unbranched alkanes of at least 4 members (excludes halogenated alkanes) is 16. The Morgan fingerprint density at radius 3 is 1.41 bits per heavy atom. The molecule has 0 heterocycles. The van der Waals surface area contributed by atoms with Crippen LogP contribution in [0.25, 0.3) is 0 Å². The number of hydrogen-bond donors (Lipinski definition) is 0. The minimum absolute atomic E-state index is 0.0518. The maximum atomic E-state index is 12.7. The Hall–Kier alpha value is -2.92. The Labute approximate surface area is 346 Å². The molecule has 5 heteroatoms. The van der Waals surface area contributed by atoms with E-state index in [2.05, 4.69) is 106 Å². The molecule has 0 aliphatic heterocycles. The molecule has 0 N–H and O–H groups in total. The van der Waals surface area contributed by atoms with Gasteiger partial charge in [-0.05, 0) is 103 Å². The summed E-state index contributed by atoms with van der Waals surface area (Å²) in [5.74, 6) is -0.470. The molecule has 0 aromatic heterocycles. The first kappa shape index (κ1) is 53.1. The summed E-state index contributed by atoms with van der Waals surface area (Å²) in [6.07, 6.45) is 60.1. The molecule has 0 aliphatic carbocycles. The summed E-state index contributed by atoms with van der Waals surface area (Å²) in [6.45, 7) is 7.53. The Kier molecular flexibility index (Phi) is 44.0. The molecule has 0 saturated heterocycles. The number of carbonyl (C=O) groups is 2. The summed E-state index contributed by atoms with van der Waals surface area (Å²) in [6, 6.07) is 0. The quantitative estimate of drug-likeness (QED) is 0.0351. The van der Waals surface area contributed by atoms with Crippen molar-refractivity contribution in [3.8, 4) is 0 Å². The van der Waals surface area contributed by atoms with Crippen molar-refractivity contribution in [1.29, 1.82) is 0 Å². The molecule has 0 bridgehead atoms. The van der Waals surface area contributed by atoms with Gasteiger partial charge in [0.05, 0.1) is 6.61 Å². The number of carbonyl (C=O) groups excluding carboxylic acids is 2. The second-order valence-electron chi connectivity index (χ2n) is 14.9. The summed E-state index contributed by atoms with van der Waals surface area (Å²) >= 11 is 0. The van der Waals surface area contributed by atoms with Crippen molar-refractivity contribution >= 4 is 11.9 Å². The van der Waals surface area contributed by atoms with Crippen LogP contribution in [0.1, 0.15) is 201 Å². The van der Waals surface area contributed by atoms with Crippen LogP contribution in [0.15, 0.2) is 85.1 Å². The zero-order valence-electron chi connectivity index (χ0n) is 36.6. The Bertz CT molecular complexity index is 1060. The van der Waals surface area contributed by atoms with E-state index in [4.69, 9.17) is 14.2 Å². The predicted molar refractivity (Wildman–Crippen MR) is 242 cm³/mol. The standard InChI is InChI=1S/C51H86O5/c1-4-7-10-13-16-19-22-25-26-28-29-32-35-38-41-44-50(52)55-48-49(47-54-46-43-40-37-34-31-24-21-18-15-12-9-6-3)56-51(53)45-42-39-36-33-30-27-23-20-17-14-11-8-5-2/h7,10-11,14-16,18-20,23,25-26,29,32,49H,4-6,8-9,12-13,17,21-22,24,27-28,30-31,33-48H2,1-3H3/b10-7-,14-11-,18-15-,19-16-,23-20-,26-25-,32-29-. The second-order valence-corrected chi connectivity index (χ2v) is 14.9. The highest BCUT2D eigenvalue weighted by Gasteiger charge is 2.17. The number of ether oxygens (including phenoxy) is 3. The third-order valence-corrected chi connectivity index (χ3v) is 9.37. The molecule has 1 atom stereocenters. The van der Waals surface area contributed by atoms with E-state index in [9.17, 15) is 9.59 Å². The summed E-state index contributed by atoms with van der Waals surface area (Å²) in [4.78, 5) is 25.3. The summed E-state index contributed by atoms with van der Waals surface area (Å²) in [5.41, 5.74) is 0. The van der Waals surface area contributed by atoms with Crippen LogP contribution < -0.4 is 0 Å². The van der Waals surface area contributed by atoms with Gasteiger partial charge < -0.3 is 14.2 Å². The third-order valence-electron chi connectivity index (χ3n) is 9.37. The van der Waals surface area contributed by atoms with Crippen LogP contribution >= 0.6 is 0 Å². The molecule has 0 aliphatic rings. The van der Waals surface area contributed by atoms with E-state index < -0.39 is 6.10 Å². The van der Waals surface area contributed by atoms with Gasteiger partial charge in [0.1, 0.15) is 6.61 Å². The van der Waals surface area contributed by atoms with Gasteiger partial charge in [-0.2, -0.15) is 0 Å². The molecule has 0 amide bonds. The molecule has 5 nitrogen and oxygen atoms in total. The monoisotopic (exact) mass is 779 g/mol. The van der Waals surface area contributed by atoms with Crippen molar-refractivity contribution in [2.75, 3.05) is 19.8 Å². The lowest BCUT2D eigenvalue weighted by molar-refractivity contribution is -0.163. The van der Waals surface area contributed by atoms with Crippen molar-refractivity contribution < 1.29 is 23.8 Å². The molecule has 0 radical (unpaired) electrons. The zero-order valence-corrected chi connectivity index (χ0v) is 36.6. The highest BCUT2D eigenvalue weighted by atomic mass is 16.6. The van der Waals surface area contributed by atoms with Crippen LogP contribution in [-0.2, 0) is 23.8 Å². The highest BCUT2D eigenvalue weighted by Crippen LogP contribution is 2.12. The fourth-order valence-corrected chi connectivity index (χ4v) is 5.93. The molecule has 0 spiro atoms. The molecule has 0 rings (SSSR count). The number of rotatable bonds is 41. The van der Waals surface area contributed by atoms with Crippen LogP contribution in [0.4, 0.5) is 0 Å². The Morgan fingerprint density at radius 1 is 0.411 bits per heavy atom. The topological polar surface area (TPSA) is 61.8 Å². The minimum Gasteiger partial charge on any atom is -0.462 e. The average Bonchev–Trinajstić information content (AvgIpc) is 3.20. The van der Waals surface area contributed by atoms with Crippen LogP contribution in [0.3, 0.4) is 0 Å². The maximum Gasteiger partial charge on any atom is 0.306 e. The Balaban J connectivity index is 4.37. The fourth-order valence-electron chi connectivity index (χ4n) is 5.93. The van der Waals surface area contributed by atoms with Gasteiger partial charge in [-0.15, -0.1) is 0 Å². The maximum absolute atomic E-state index is 12.7. The van der Waals surface area contributed by atoms with Crippen LogP contribution in [-0.4, -0.2) is 37.9 Å². The van der Waals surface area contributed by atoms with Crippen molar-refractivity contribution in [2.45, 2.75) is 207 Å². The van der Waals surface area contributed by atoms with E-state index in [1.165, 1.54) is 70.6 Å². The van der Waals surface area contributed by atoms with E-state index in [1.807, 2.05) is 0 Å². The molecule has 1 unspecified atom stereocenters. The molecule has 0 fully saturated rings. The van der Waals surface area contributed by atoms with E-state index in [0.717, 1.165) is 96.3 Å². The summed E-state index contributed by atoms with van der Waals surface area (Å²) in [5, 5.41) is 0. The van der Waals surface area contributed by atoms with Gasteiger partial charge in [0.2, 0.25) is 0 Å². The normalized spacial score (nSPS) is 13.0. The van der Waals surface area contributed by atoms with E-state index in [0.29, 0.717) is 19.4 Å². The van der Waals surface area contributed by atoms with Gasteiger partial charge in [0.25, 0.3) is 0 Å². The van der Waals surface area contributed by atoms with E-state index >= 15 is 0 Å². The molecule has 56 heavy (non-hydrogen) atoms. The Morgan fingerprint density at radius 2 is 0.839 bits per heavy atom. The first-order valence-electron chi connectivity index (χ1n) is 23.1. The smallest absolute Gasteiger partial charge is 0.306 e. The molecule has 0 aromatic carbocycles. The van der Waals surface area contributed by atoms with Crippen molar-refractivity contribution in [2.24, 2.45) is 0 Å². The predicted octanol–water partition coefficient (Wildman–Crippen LogP) is 15.3. The SMILES string of the molecule is CC/C=C\C/C=C\C/C=C\C/C=C\CCCCC(=O)OCC(COCCCCCCCC/C=C\CCCC)OC(=O)CCCCCCC/C=C\C/C=C\CCC. The first-order chi connectivity index (χ1) is 27.6. The average molecular weight is 779 g/mol. The van der Waals surface area contributed by atoms with Gasteiger partial charge in [-0.3, -0.25) is 9.59 Å². The molecular weight excluding hydrogens is 693 g/mol. The van der Waals surface area contributed by atoms with E-state index in [1.54, 1.807) is 0 Å². The number of hydrogen-bond acceptors (Lipinski definition) is 5. The largest absolute Gasteiger partial charge is 0.462 e. The zero-order chi connectivity index (χ0) is 40.7.